The molecule has 2 fully saturated rings. The lowest BCUT2D eigenvalue weighted by atomic mass is 10.1. The number of aromatic nitrogens is 1. The van der Waals surface area contributed by atoms with Gasteiger partial charge in [-0.2, -0.15) is 0 Å². The lowest BCUT2D eigenvalue weighted by Crippen LogP contribution is -2.36. The number of likely N-dealkylation sites (tertiary alicyclic amines) is 2. The topological polar surface area (TPSA) is 36.4 Å². The summed E-state index contributed by atoms with van der Waals surface area (Å²) in [5.41, 5.74) is 2.22. The minimum Gasteiger partial charge on any atom is -0.334 e. The molecule has 1 aromatic carbocycles. The zero-order valence-electron chi connectivity index (χ0n) is 13.4. The van der Waals surface area contributed by atoms with Crippen LogP contribution in [0.1, 0.15) is 24.0 Å². The van der Waals surface area contributed by atoms with Gasteiger partial charge in [-0.15, -0.1) is 0 Å². The number of pyridine rings is 1. The van der Waals surface area contributed by atoms with Crippen molar-refractivity contribution in [3.8, 4) is 0 Å². The Balaban J connectivity index is 1.46. The van der Waals surface area contributed by atoms with E-state index in [4.69, 9.17) is 0 Å². The molecule has 2 saturated heterocycles. The van der Waals surface area contributed by atoms with E-state index >= 15 is 0 Å². The van der Waals surface area contributed by atoms with E-state index in [0.717, 1.165) is 25.1 Å². The fraction of sp³-hybridized carbons (Fsp3) is 0.368. The van der Waals surface area contributed by atoms with E-state index in [0.29, 0.717) is 13.0 Å². The second-order valence-electron chi connectivity index (χ2n) is 6.60. The normalized spacial score (nSPS) is 23.7. The molecule has 0 saturated carbocycles. The summed E-state index contributed by atoms with van der Waals surface area (Å²) in [6.45, 7) is 2.44. The van der Waals surface area contributed by atoms with Crippen LogP contribution in [-0.2, 0) is 17.9 Å². The van der Waals surface area contributed by atoms with E-state index in [1.54, 1.807) is 12.1 Å². The molecule has 0 N–H and O–H groups in total. The van der Waals surface area contributed by atoms with Crippen molar-refractivity contribution in [3.63, 3.8) is 0 Å². The fourth-order valence-electron chi connectivity index (χ4n) is 3.92. The molecule has 1 aromatic heterocycles. The van der Waals surface area contributed by atoms with E-state index in [-0.39, 0.29) is 23.8 Å². The predicted octanol–water partition coefficient (Wildman–Crippen LogP) is 2.60. The monoisotopic (exact) mass is 325 g/mol. The Morgan fingerprint density at radius 2 is 1.71 bits per heavy atom. The second-order valence-corrected chi connectivity index (χ2v) is 6.60. The van der Waals surface area contributed by atoms with Crippen molar-refractivity contribution >= 4 is 5.91 Å². The molecule has 4 nitrogen and oxygen atoms in total. The molecule has 0 spiro atoms. The molecule has 0 bridgehead atoms. The van der Waals surface area contributed by atoms with Crippen LogP contribution in [0.4, 0.5) is 4.39 Å². The zero-order valence-corrected chi connectivity index (χ0v) is 13.4. The SMILES string of the molecule is O=C1C[C@H]2[C@H](CCN2Cc2ccncc2)N1Cc1ccc(F)cc1. The largest absolute Gasteiger partial charge is 0.334 e. The lowest BCUT2D eigenvalue weighted by molar-refractivity contribution is -0.129. The number of rotatable bonds is 4. The highest BCUT2D eigenvalue weighted by atomic mass is 19.1. The minimum absolute atomic E-state index is 0.203. The molecule has 0 aliphatic carbocycles. The molecule has 2 aliphatic heterocycles. The summed E-state index contributed by atoms with van der Waals surface area (Å²) in [4.78, 5) is 20.9. The van der Waals surface area contributed by atoms with Gasteiger partial charge in [-0.3, -0.25) is 14.7 Å². The summed E-state index contributed by atoms with van der Waals surface area (Å²) in [6, 6.07) is 11.0. The second kappa shape index (κ2) is 6.32. The quantitative estimate of drug-likeness (QED) is 0.867. The van der Waals surface area contributed by atoms with Crippen LogP contribution >= 0.6 is 0 Å². The summed E-state index contributed by atoms with van der Waals surface area (Å²) < 4.78 is 13.1. The lowest BCUT2D eigenvalue weighted by Gasteiger charge is -2.25. The van der Waals surface area contributed by atoms with Gasteiger partial charge in [0.2, 0.25) is 5.91 Å². The maximum Gasteiger partial charge on any atom is 0.224 e. The van der Waals surface area contributed by atoms with Crippen LogP contribution in [-0.4, -0.2) is 39.3 Å². The van der Waals surface area contributed by atoms with Crippen LogP contribution < -0.4 is 0 Å². The molecule has 2 aliphatic rings. The number of hydrogen-bond acceptors (Lipinski definition) is 3. The van der Waals surface area contributed by atoms with Crippen molar-refractivity contribution in [2.75, 3.05) is 6.54 Å². The number of hydrogen-bond donors (Lipinski definition) is 0. The Morgan fingerprint density at radius 3 is 2.46 bits per heavy atom. The van der Waals surface area contributed by atoms with Gasteiger partial charge < -0.3 is 4.90 Å². The first kappa shape index (κ1) is 15.3. The molecule has 2 aromatic rings. The van der Waals surface area contributed by atoms with Crippen molar-refractivity contribution < 1.29 is 9.18 Å². The Kier molecular flexibility index (Phi) is 4.02. The van der Waals surface area contributed by atoms with E-state index in [9.17, 15) is 9.18 Å². The van der Waals surface area contributed by atoms with Crippen molar-refractivity contribution in [1.29, 1.82) is 0 Å². The zero-order chi connectivity index (χ0) is 16.5. The molecule has 0 unspecified atom stereocenters. The van der Waals surface area contributed by atoms with Crippen LogP contribution in [0.25, 0.3) is 0 Å². The highest BCUT2D eigenvalue weighted by Crippen LogP contribution is 2.34. The maximum atomic E-state index is 13.1. The van der Waals surface area contributed by atoms with Gasteiger partial charge in [0.05, 0.1) is 0 Å². The highest BCUT2D eigenvalue weighted by molar-refractivity contribution is 5.80. The van der Waals surface area contributed by atoms with Gasteiger partial charge in [-0.25, -0.2) is 4.39 Å². The summed E-state index contributed by atoms with van der Waals surface area (Å²) in [5.74, 6) is -0.0393. The van der Waals surface area contributed by atoms with Crippen molar-refractivity contribution in [1.82, 2.24) is 14.8 Å². The maximum absolute atomic E-state index is 13.1. The summed E-state index contributed by atoms with van der Waals surface area (Å²) in [5, 5.41) is 0. The molecule has 124 valence electrons. The molecular formula is C19H20FN3O. The first-order valence-electron chi connectivity index (χ1n) is 8.37. The molecule has 0 radical (unpaired) electrons. The molecule has 24 heavy (non-hydrogen) atoms. The Morgan fingerprint density at radius 1 is 1.00 bits per heavy atom. The van der Waals surface area contributed by atoms with Crippen LogP contribution in [0.5, 0.6) is 0 Å². The van der Waals surface area contributed by atoms with Gasteiger partial charge in [0.25, 0.3) is 0 Å². The number of carbonyl (C=O) groups is 1. The average molecular weight is 325 g/mol. The Bertz CT molecular complexity index is 719. The first-order chi connectivity index (χ1) is 11.7. The summed E-state index contributed by atoms with van der Waals surface area (Å²) >= 11 is 0. The number of benzene rings is 1. The number of nitrogens with zero attached hydrogens (tertiary/aromatic N) is 3. The van der Waals surface area contributed by atoms with Crippen LogP contribution in [0.2, 0.25) is 0 Å². The number of amides is 1. The molecule has 4 rings (SSSR count). The van der Waals surface area contributed by atoms with Crippen LogP contribution in [0.15, 0.2) is 48.8 Å². The third kappa shape index (κ3) is 2.91. The van der Waals surface area contributed by atoms with E-state index < -0.39 is 0 Å². The van der Waals surface area contributed by atoms with Gasteiger partial charge in [-0.05, 0) is 41.8 Å². The molecule has 5 heteroatoms. The van der Waals surface area contributed by atoms with Gasteiger partial charge >= 0.3 is 0 Å². The third-order valence-corrected chi connectivity index (χ3v) is 5.13. The summed E-state index contributed by atoms with van der Waals surface area (Å²) in [7, 11) is 0. The molecule has 1 amide bonds. The molecular weight excluding hydrogens is 305 g/mol. The van der Waals surface area contributed by atoms with Crippen molar-refractivity contribution in [2.45, 2.75) is 38.0 Å². The average Bonchev–Trinajstić information content (AvgIpc) is 3.11. The van der Waals surface area contributed by atoms with Gasteiger partial charge in [0, 0.05) is 50.5 Å². The van der Waals surface area contributed by atoms with E-state index in [1.165, 1.54) is 17.7 Å². The molecule has 3 heterocycles. The van der Waals surface area contributed by atoms with Gasteiger partial charge in [0.15, 0.2) is 0 Å². The fourth-order valence-corrected chi connectivity index (χ4v) is 3.92. The number of fused-ring (bicyclic) bond motifs is 1. The van der Waals surface area contributed by atoms with Crippen molar-refractivity contribution in [3.05, 3.63) is 65.7 Å². The van der Waals surface area contributed by atoms with Gasteiger partial charge in [-0.1, -0.05) is 12.1 Å². The smallest absolute Gasteiger partial charge is 0.224 e. The van der Waals surface area contributed by atoms with Gasteiger partial charge in [0.1, 0.15) is 5.82 Å². The number of halogens is 1. The number of carbonyl (C=O) groups excluding carboxylic acids is 1. The van der Waals surface area contributed by atoms with Crippen LogP contribution in [0, 0.1) is 5.82 Å². The third-order valence-electron chi connectivity index (χ3n) is 5.13. The van der Waals surface area contributed by atoms with Crippen molar-refractivity contribution in [2.24, 2.45) is 0 Å². The van der Waals surface area contributed by atoms with E-state index in [2.05, 4.69) is 9.88 Å². The van der Waals surface area contributed by atoms with Crippen LogP contribution in [0.3, 0.4) is 0 Å². The Hall–Kier alpha value is -2.27. The first-order valence-corrected chi connectivity index (χ1v) is 8.37. The van der Waals surface area contributed by atoms with E-state index in [1.807, 2.05) is 29.4 Å². The summed E-state index contributed by atoms with van der Waals surface area (Å²) in [6.07, 6.45) is 5.20. The predicted molar refractivity (Wildman–Crippen MR) is 88.4 cm³/mol. The highest BCUT2D eigenvalue weighted by Gasteiger charge is 2.46. The standard InChI is InChI=1S/C19H20FN3O/c20-16-3-1-14(2-4-16)13-23-17-7-10-22(18(17)11-19(23)24)12-15-5-8-21-9-6-15/h1-6,8-9,17-18H,7,10-13H2/t17-,18-/m0/s1. The minimum atomic E-state index is -0.242. The molecule has 2 atom stereocenters. The Labute approximate surface area is 140 Å².